The normalized spacial score (nSPS) is 16.8. The Morgan fingerprint density at radius 3 is 2.72 bits per heavy atom. The van der Waals surface area contributed by atoms with Gasteiger partial charge < -0.3 is 9.73 Å². The molecule has 3 rings (SSSR count). The minimum atomic E-state index is 0.280. The Labute approximate surface area is 155 Å². The highest BCUT2D eigenvalue weighted by molar-refractivity contribution is 6.30. The Kier molecular flexibility index (Phi) is 6.20. The second-order valence-electron chi connectivity index (χ2n) is 7.34. The number of nitrogens with one attached hydrogen (secondary N) is 1. The molecular weight excluding hydrogens is 336 g/mol. The summed E-state index contributed by atoms with van der Waals surface area (Å²) in [5.41, 5.74) is 2.11. The number of aromatic nitrogens is 2. The summed E-state index contributed by atoms with van der Waals surface area (Å²) < 4.78 is 7.60. The molecule has 1 N–H and O–H groups in total. The molecule has 6 heteroatoms. The molecule has 1 saturated heterocycles. The molecule has 25 heavy (non-hydrogen) atoms. The summed E-state index contributed by atoms with van der Waals surface area (Å²) in [6.45, 7) is 11.1. The molecule has 1 aliphatic heterocycles. The van der Waals surface area contributed by atoms with Crippen LogP contribution in [0.3, 0.4) is 0 Å². The predicted molar refractivity (Wildman–Crippen MR) is 101 cm³/mol. The number of likely N-dealkylation sites (tertiary alicyclic amines) is 1. The van der Waals surface area contributed by atoms with Gasteiger partial charge in [-0.3, -0.25) is 9.58 Å². The molecule has 3 heterocycles. The van der Waals surface area contributed by atoms with Crippen LogP contribution in [0.4, 0.5) is 0 Å². The summed E-state index contributed by atoms with van der Waals surface area (Å²) in [4.78, 5) is 2.50. The SMILES string of the molecule is Cc1nn(CC(C)C)c(Cl)c1CNC[C@H](c1ccco1)N1CCCC1. The molecule has 5 nitrogen and oxygen atoms in total. The Morgan fingerprint density at radius 2 is 2.08 bits per heavy atom. The van der Waals surface area contributed by atoms with E-state index in [1.807, 2.05) is 17.7 Å². The number of furan rings is 1. The van der Waals surface area contributed by atoms with Crippen LogP contribution >= 0.6 is 11.6 Å². The van der Waals surface area contributed by atoms with Crippen LogP contribution in [0.25, 0.3) is 0 Å². The molecule has 0 aliphatic carbocycles. The third-order valence-electron chi connectivity index (χ3n) is 4.81. The molecule has 1 aliphatic rings. The van der Waals surface area contributed by atoms with Gasteiger partial charge in [0.25, 0.3) is 0 Å². The van der Waals surface area contributed by atoms with E-state index in [0.29, 0.717) is 5.92 Å². The van der Waals surface area contributed by atoms with E-state index in [1.165, 1.54) is 12.8 Å². The fourth-order valence-corrected chi connectivity index (χ4v) is 3.85. The average Bonchev–Trinajstić information content (AvgIpc) is 3.30. The van der Waals surface area contributed by atoms with Crippen molar-refractivity contribution >= 4 is 11.6 Å². The lowest BCUT2D eigenvalue weighted by Crippen LogP contribution is -2.33. The Balaban J connectivity index is 1.63. The summed E-state index contributed by atoms with van der Waals surface area (Å²) in [6, 6.07) is 4.32. The summed E-state index contributed by atoms with van der Waals surface area (Å²) in [6.07, 6.45) is 4.30. The highest BCUT2D eigenvalue weighted by Crippen LogP contribution is 2.26. The number of hydrogen-bond donors (Lipinski definition) is 1. The molecule has 0 spiro atoms. The zero-order chi connectivity index (χ0) is 17.8. The van der Waals surface area contributed by atoms with E-state index in [0.717, 1.165) is 54.9 Å². The topological polar surface area (TPSA) is 46.2 Å². The van der Waals surface area contributed by atoms with Gasteiger partial charge in [-0.2, -0.15) is 5.10 Å². The zero-order valence-electron chi connectivity index (χ0n) is 15.5. The molecule has 0 saturated carbocycles. The quantitative estimate of drug-likeness (QED) is 0.768. The summed E-state index contributed by atoms with van der Waals surface area (Å²) >= 11 is 6.55. The molecular formula is C19H29ClN4O. The lowest BCUT2D eigenvalue weighted by Gasteiger charge is -2.26. The zero-order valence-corrected chi connectivity index (χ0v) is 16.2. The van der Waals surface area contributed by atoms with Crippen molar-refractivity contribution in [1.29, 1.82) is 0 Å². The molecule has 2 aromatic heterocycles. The fourth-order valence-electron chi connectivity index (χ4n) is 3.54. The van der Waals surface area contributed by atoms with Crippen molar-refractivity contribution in [1.82, 2.24) is 20.0 Å². The number of hydrogen-bond acceptors (Lipinski definition) is 4. The lowest BCUT2D eigenvalue weighted by molar-refractivity contribution is 0.209. The van der Waals surface area contributed by atoms with Crippen molar-refractivity contribution in [3.63, 3.8) is 0 Å². The first-order valence-corrected chi connectivity index (χ1v) is 9.64. The number of halogens is 1. The van der Waals surface area contributed by atoms with Crippen LogP contribution in [-0.2, 0) is 13.1 Å². The minimum Gasteiger partial charge on any atom is -0.468 e. The van der Waals surface area contributed by atoms with Crippen molar-refractivity contribution in [2.75, 3.05) is 19.6 Å². The molecule has 0 aromatic carbocycles. The van der Waals surface area contributed by atoms with Gasteiger partial charge in [0.1, 0.15) is 10.9 Å². The monoisotopic (exact) mass is 364 g/mol. The van der Waals surface area contributed by atoms with E-state index < -0.39 is 0 Å². The number of aryl methyl sites for hydroxylation is 1. The maximum atomic E-state index is 6.55. The minimum absolute atomic E-state index is 0.280. The molecule has 138 valence electrons. The van der Waals surface area contributed by atoms with Crippen molar-refractivity contribution in [3.05, 3.63) is 40.6 Å². The number of rotatable bonds is 8. The van der Waals surface area contributed by atoms with Gasteiger partial charge in [-0.15, -0.1) is 0 Å². The van der Waals surface area contributed by atoms with Crippen LogP contribution in [-0.4, -0.2) is 34.3 Å². The van der Waals surface area contributed by atoms with Gasteiger partial charge in [0.2, 0.25) is 0 Å². The van der Waals surface area contributed by atoms with Crippen molar-refractivity contribution < 1.29 is 4.42 Å². The molecule has 0 bridgehead atoms. The molecule has 1 atom stereocenters. The first-order valence-electron chi connectivity index (χ1n) is 9.26. The summed E-state index contributed by atoms with van der Waals surface area (Å²) in [5, 5.41) is 8.93. The van der Waals surface area contributed by atoms with Gasteiger partial charge in [0.15, 0.2) is 0 Å². The van der Waals surface area contributed by atoms with Gasteiger partial charge >= 0.3 is 0 Å². The fraction of sp³-hybridized carbons (Fsp3) is 0.632. The predicted octanol–water partition coefficient (Wildman–Crippen LogP) is 4.02. The Bertz CT molecular complexity index is 659. The Hall–Kier alpha value is -1.30. The standard InChI is InChI=1S/C19H29ClN4O/c1-14(2)13-24-19(20)16(15(3)22-24)11-21-12-17(18-7-6-10-25-18)23-8-4-5-9-23/h6-7,10,14,17,21H,4-5,8-9,11-13H2,1-3H3/t17-/m1/s1. The van der Waals surface area contributed by atoms with Crippen LogP contribution in [0.2, 0.25) is 5.15 Å². The highest BCUT2D eigenvalue weighted by atomic mass is 35.5. The van der Waals surface area contributed by atoms with Crippen molar-refractivity contribution in [3.8, 4) is 0 Å². The van der Waals surface area contributed by atoms with Crippen molar-refractivity contribution in [2.45, 2.75) is 52.7 Å². The van der Waals surface area contributed by atoms with E-state index in [9.17, 15) is 0 Å². The van der Waals surface area contributed by atoms with E-state index in [-0.39, 0.29) is 6.04 Å². The van der Waals surface area contributed by atoms with Crippen molar-refractivity contribution in [2.24, 2.45) is 5.92 Å². The number of nitrogens with zero attached hydrogens (tertiary/aromatic N) is 3. The maximum absolute atomic E-state index is 6.55. The van der Waals surface area contributed by atoms with E-state index in [1.54, 1.807) is 6.26 Å². The Morgan fingerprint density at radius 1 is 1.32 bits per heavy atom. The molecule has 0 radical (unpaired) electrons. The first kappa shape index (κ1) is 18.5. The second-order valence-corrected chi connectivity index (χ2v) is 7.69. The summed E-state index contributed by atoms with van der Waals surface area (Å²) in [5.74, 6) is 1.56. The van der Waals surface area contributed by atoms with Gasteiger partial charge in [-0.25, -0.2) is 0 Å². The molecule has 2 aromatic rings. The van der Waals surface area contributed by atoms with Crippen LogP contribution < -0.4 is 5.32 Å². The van der Waals surface area contributed by atoms with Crippen LogP contribution in [0.1, 0.15) is 49.7 Å². The van der Waals surface area contributed by atoms with Crippen LogP contribution in [0.15, 0.2) is 22.8 Å². The first-order chi connectivity index (χ1) is 12.1. The molecule has 0 amide bonds. The molecule has 0 unspecified atom stereocenters. The van der Waals surface area contributed by atoms with Gasteiger partial charge in [0.05, 0.1) is 18.0 Å². The van der Waals surface area contributed by atoms with E-state index in [2.05, 4.69) is 35.2 Å². The van der Waals surface area contributed by atoms with E-state index >= 15 is 0 Å². The van der Waals surface area contributed by atoms with Gasteiger partial charge in [0, 0.05) is 25.2 Å². The second kappa shape index (κ2) is 8.39. The van der Waals surface area contributed by atoms with E-state index in [4.69, 9.17) is 16.0 Å². The lowest BCUT2D eigenvalue weighted by atomic mass is 10.2. The summed E-state index contributed by atoms with van der Waals surface area (Å²) in [7, 11) is 0. The van der Waals surface area contributed by atoms with Crippen LogP contribution in [0, 0.1) is 12.8 Å². The average molecular weight is 365 g/mol. The van der Waals surface area contributed by atoms with Crippen LogP contribution in [0.5, 0.6) is 0 Å². The smallest absolute Gasteiger partial charge is 0.131 e. The third-order valence-corrected chi connectivity index (χ3v) is 5.24. The largest absolute Gasteiger partial charge is 0.468 e. The maximum Gasteiger partial charge on any atom is 0.131 e. The van der Waals surface area contributed by atoms with Gasteiger partial charge in [-0.05, 0) is 50.9 Å². The highest BCUT2D eigenvalue weighted by Gasteiger charge is 2.25. The third kappa shape index (κ3) is 4.46. The molecule has 1 fully saturated rings. The van der Waals surface area contributed by atoms with Gasteiger partial charge in [-0.1, -0.05) is 25.4 Å².